The average Bonchev–Trinajstić information content (AvgIpc) is 3.12. The van der Waals surface area contributed by atoms with Gasteiger partial charge in [0.05, 0.1) is 0 Å². The van der Waals surface area contributed by atoms with E-state index >= 15 is 0 Å². The lowest BCUT2D eigenvalue weighted by Gasteiger charge is -2.21. The Kier molecular flexibility index (Phi) is 3.11. The molecule has 18 heavy (non-hydrogen) atoms. The molecule has 0 unspecified atom stereocenters. The Bertz CT molecular complexity index is 474. The Balaban J connectivity index is 2.04. The highest BCUT2D eigenvalue weighted by molar-refractivity contribution is 6.04. The third-order valence-electron chi connectivity index (χ3n) is 3.46. The van der Waals surface area contributed by atoms with E-state index in [0.717, 1.165) is 11.1 Å². The summed E-state index contributed by atoms with van der Waals surface area (Å²) in [7, 11) is 1.66. The van der Waals surface area contributed by atoms with Crippen molar-refractivity contribution in [1.29, 1.82) is 0 Å². The first-order valence-corrected chi connectivity index (χ1v) is 6.00. The molecule has 1 aliphatic carbocycles. The first-order valence-electron chi connectivity index (χ1n) is 6.00. The maximum atomic E-state index is 12.1. The van der Waals surface area contributed by atoms with Crippen LogP contribution in [0, 0.1) is 12.3 Å². The van der Waals surface area contributed by atoms with Crippen molar-refractivity contribution in [3.8, 4) is 0 Å². The fourth-order valence-electron chi connectivity index (χ4n) is 2.05. The molecule has 96 valence electrons. The van der Waals surface area contributed by atoms with Gasteiger partial charge in [-0.15, -0.1) is 0 Å². The number of hydrogen-bond acceptors (Lipinski definition) is 2. The van der Waals surface area contributed by atoms with Crippen molar-refractivity contribution >= 4 is 11.9 Å². The molecule has 0 aliphatic heterocycles. The van der Waals surface area contributed by atoms with E-state index in [0.29, 0.717) is 19.4 Å². The van der Waals surface area contributed by atoms with Gasteiger partial charge in [-0.25, -0.2) is 0 Å². The van der Waals surface area contributed by atoms with Gasteiger partial charge in [0.25, 0.3) is 0 Å². The summed E-state index contributed by atoms with van der Waals surface area (Å²) in [6.07, 6.45) is 0.915. The lowest BCUT2D eigenvalue weighted by atomic mass is 10.1. The molecule has 0 bridgehead atoms. The molecule has 0 saturated heterocycles. The van der Waals surface area contributed by atoms with E-state index in [-0.39, 0.29) is 5.91 Å². The first kappa shape index (κ1) is 12.6. The van der Waals surface area contributed by atoms with Crippen molar-refractivity contribution in [2.75, 3.05) is 7.05 Å². The van der Waals surface area contributed by atoms with Crippen LogP contribution in [0.25, 0.3) is 0 Å². The topological polar surface area (TPSA) is 57.6 Å². The SMILES string of the molecule is Cc1ccc(CN(C)C(=O)C2(C(=O)O)CC2)cc1. The van der Waals surface area contributed by atoms with Crippen LogP contribution in [-0.2, 0) is 16.1 Å². The van der Waals surface area contributed by atoms with Crippen LogP contribution in [-0.4, -0.2) is 28.9 Å². The van der Waals surface area contributed by atoms with E-state index in [1.54, 1.807) is 7.05 Å². The number of rotatable bonds is 4. The van der Waals surface area contributed by atoms with Gasteiger partial charge in [-0.2, -0.15) is 0 Å². The number of aryl methyl sites for hydroxylation is 1. The molecule has 2 rings (SSSR count). The van der Waals surface area contributed by atoms with E-state index in [1.807, 2.05) is 31.2 Å². The van der Waals surface area contributed by atoms with Gasteiger partial charge >= 0.3 is 5.97 Å². The Hall–Kier alpha value is -1.84. The van der Waals surface area contributed by atoms with E-state index < -0.39 is 11.4 Å². The molecular weight excluding hydrogens is 230 g/mol. The van der Waals surface area contributed by atoms with Crippen molar-refractivity contribution in [2.45, 2.75) is 26.3 Å². The van der Waals surface area contributed by atoms with Gasteiger partial charge in [-0.3, -0.25) is 9.59 Å². The Morgan fingerprint density at radius 1 is 1.28 bits per heavy atom. The predicted octanol–water partition coefficient (Wildman–Crippen LogP) is 1.82. The summed E-state index contributed by atoms with van der Waals surface area (Å²) in [5, 5.41) is 9.08. The second kappa shape index (κ2) is 4.44. The lowest BCUT2D eigenvalue weighted by molar-refractivity contribution is -0.153. The van der Waals surface area contributed by atoms with Crippen molar-refractivity contribution in [1.82, 2.24) is 4.90 Å². The van der Waals surface area contributed by atoms with Gasteiger partial charge in [0.2, 0.25) is 5.91 Å². The third kappa shape index (κ3) is 2.23. The molecule has 0 spiro atoms. The van der Waals surface area contributed by atoms with Crippen molar-refractivity contribution in [3.63, 3.8) is 0 Å². The minimum absolute atomic E-state index is 0.282. The van der Waals surface area contributed by atoms with Crippen LogP contribution in [0.5, 0.6) is 0 Å². The standard InChI is InChI=1S/C14H17NO3/c1-10-3-5-11(6-4-10)9-15(2)12(16)14(7-8-14)13(17)18/h3-6H,7-9H2,1-2H3,(H,17,18). The molecule has 1 aromatic carbocycles. The Morgan fingerprint density at radius 2 is 1.83 bits per heavy atom. The van der Waals surface area contributed by atoms with Gasteiger partial charge in [0, 0.05) is 13.6 Å². The number of carbonyl (C=O) groups is 2. The monoisotopic (exact) mass is 247 g/mol. The zero-order valence-electron chi connectivity index (χ0n) is 10.6. The molecule has 0 atom stereocenters. The van der Waals surface area contributed by atoms with Gasteiger partial charge in [-0.05, 0) is 25.3 Å². The molecule has 0 heterocycles. The molecule has 0 radical (unpaired) electrons. The quantitative estimate of drug-likeness (QED) is 0.826. The maximum Gasteiger partial charge on any atom is 0.319 e. The average molecular weight is 247 g/mol. The van der Waals surface area contributed by atoms with E-state index in [1.165, 1.54) is 4.90 Å². The molecular formula is C14H17NO3. The lowest BCUT2D eigenvalue weighted by Crippen LogP contribution is -2.38. The van der Waals surface area contributed by atoms with Gasteiger partial charge < -0.3 is 10.0 Å². The van der Waals surface area contributed by atoms with Crippen LogP contribution in [0.1, 0.15) is 24.0 Å². The minimum atomic E-state index is -1.14. The first-order chi connectivity index (χ1) is 8.45. The number of aliphatic carboxylic acids is 1. The van der Waals surface area contributed by atoms with Crippen LogP contribution < -0.4 is 0 Å². The molecule has 1 fully saturated rings. The number of carbonyl (C=O) groups excluding carboxylic acids is 1. The number of amides is 1. The summed E-state index contributed by atoms with van der Waals surface area (Å²) >= 11 is 0. The highest BCUT2D eigenvalue weighted by Gasteiger charge is 2.58. The summed E-state index contributed by atoms with van der Waals surface area (Å²) in [5.74, 6) is -1.28. The summed E-state index contributed by atoms with van der Waals surface area (Å²) in [4.78, 5) is 24.7. The van der Waals surface area contributed by atoms with Crippen LogP contribution in [0.3, 0.4) is 0 Å². The molecule has 1 amide bonds. The van der Waals surface area contributed by atoms with Crippen LogP contribution in [0.2, 0.25) is 0 Å². The van der Waals surface area contributed by atoms with Crippen molar-refractivity contribution < 1.29 is 14.7 Å². The molecule has 0 aromatic heterocycles. The normalized spacial score (nSPS) is 16.1. The van der Waals surface area contributed by atoms with Crippen LogP contribution >= 0.6 is 0 Å². The third-order valence-corrected chi connectivity index (χ3v) is 3.46. The van der Waals surface area contributed by atoms with Gasteiger partial charge in [0.15, 0.2) is 0 Å². The molecule has 1 aliphatic rings. The van der Waals surface area contributed by atoms with E-state index in [9.17, 15) is 9.59 Å². The molecule has 1 saturated carbocycles. The summed E-state index contributed by atoms with van der Waals surface area (Å²) in [6, 6.07) is 7.88. The van der Waals surface area contributed by atoms with Crippen LogP contribution in [0.4, 0.5) is 0 Å². The minimum Gasteiger partial charge on any atom is -0.480 e. The van der Waals surface area contributed by atoms with Gasteiger partial charge in [0.1, 0.15) is 5.41 Å². The summed E-state index contributed by atoms with van der Waals surface area (Å²) in [6.45, 7) is 2.45. The van der Waals surface area contributed by atoms with E-state index in [2.05, 4.69) is 0 Å². The Labute approximate surface area is 106 Å². The number of benzene rings is 1. The molecule has 4 nitrogen and oxygen atoms in total. The smallest absolute Gasteiger partial charge is 0.319 e. The zero-order valence-corrected chi connectivity index (χ0v) is 10.6. The van der Waals surface area contributed by atoms with Gasteiger partial charge in [-0.1, -0.05) is 29.8 Å². The van der Waals surface area contributed by atoms with E-state index in [4.69, 9.17) is 5.11 Å². The highest BCUT2D eigenvalue weighted by atomic mass is 16.4. The summed E-state index contributed by atoms with van der Waals surface area (Å²) < 4.78 is 0. The molecule has 1 aromatic rings. The second-order valence-corrected chi connectivity index (χ2v) is 5.03. The van der Waals surface area contributed by atoms with Crippen molar-refractivity contribution in [3.05, 3.63) is 35.4 Å². The predicted molar refractivity (Wildman–Crippen MR) is 67.0 cm³/mol. The fourth-order valence-corrected chi connectivity index (χ4v) is 2.05. The van der Waals surface area contributed by atoms with Crippen molar-refractivity contribution in [2.24, 2.45) is 5.41 Å². The number of hydrogen-bond donors (Lipinski definition) is 1. The number of carboxylic acid groups (broad SMARTS) is 1. The highest BCUT2D eigenvalue weighted by Crippen LogP contribution is 2.47. The second-order valence-electron chi connectivity index (χ2n) is 5.03. The zero-order chi connectivity index (χ0) is 13.3. The molecule has 1 N–H and O–H groups in total. The summed E-state index contributed by atoms with van der Waals surface area (Å²) in [5.41, 5.74) is 1.04. The maximum absolute atomic E-state index is 12.1. The number of nitrogens with zero attached hydrogens (tertiary/aromatic N) is 1. The largest absolute Gasteiger partial charge is 0.480 e. The Morgan fingerprint density at radius 3 is 2.28 bits per heavy atom. The number of carboxylic acids is 1. The fraction of sp³-hybridized carbons (Fsp3) is 0.429. The van der Waals surface area contributed by atoms with Crippen LogP contribution in [0.15, 0.2) is 24.3 Å². The molecule has 4 heteroatoms.